The smallest absolute Gasteiger partial charge is 0.0766 e. The minimum absolute atomic E-state index is 0.270. The van der Waals surface area contributed by atoms with Gasteiger partial charge in [-0.15, -0.1) is 0 Å². The van der Waals surface area contributed by atoms with Crippen molar-refractivity contribution >= 4 is 0 Å². The van der Waals surface area contributed by atoms with Crippen LogP contribution in [0.1, 0.15) is 27.7 Å². The van der Waals surface area contributed by atoms with Gasteiger partial charge in [-0.05, 0) is 19.8 Å². The summed E-state index contributed by atoms with van der Waals surface area (Å²) in [5, 5.41) is 13.0. The van der Waals surface area contributed by atoms with Crippen LogP contribution in [0.15, 0.2) is 0 Å². The molecule has 0 fully saturated rings. The van der Waals surface area contributed by atoms with E-state index in [0.717, 1.165) is 13.2 Å². The van der Waals surface area contributed by atoms with E-state index in [0.29, 0.717) is 13.2 Å². The third-order valence-corrected chi connectivity index (χ3v) is 2.35. The zero-order chi connectivity index (χ0) is 10.3. The van der Waals surface area contributed by atoms with Crippen LogP contribution in [0.2, 0.25) is 0 Å². The SMILES string of the molecule is CCOCCNCC(C)(O)C(C)C. The largest absolute Gasteiger partial charge is 0.389 e. The van der Waals surface area contributed by atoms with Gasteiger partial charge in [0.25, 0.3) is 0 Å². The van der Waals surface area contributed by atoms with E-state index < -0.39 is 5.60 Å². The number of ether oxygens (including phenoxy) is 1. The molecule has 0 amide bonds. The minimum Gasteiger partial charge on any atom is -0.389 e. The van der Waals surface area contributed by atoms with Gasteiger partial charge in [0.2, 0.25) is 0 Å². The van der Waals surface area contributed by atoms with Crippen LogP contribution in [0, 0.1) is 5.92 Å². The summed E-state index contributed by atoms with van der Waals surface area (Å²) in [6.07, 6.45) is 0. The lowest BCUT2D eigenvalue weighted by Crippen LogP contribution is -2.43. The lowest BCUT2D eigenvalue weighted by molar-refractivity contribution is 0.0126. The van der Waals surface area contributed by atoms with Crippen LogP contribution in [-0.4, -0.2) is 37.0 Å². The zero-order valence-corrected chi connectivity index (χ0v) is 9.26. The highest BCUT2D eigenvalue weighted by atomic mass is 16.5. The first-order valence-corrected chi connectivity index (χ1v) is 5.01. The molecule has 80 valence electrons. The maximum absolute atomic E-state index is 9.84. The van der Waals surface area contributed by atoms with E-state index >= 15 is 0 Å². The molecule has 1 atom stereocenters. The third-order valence-electron chi connectivity index (χ3n) is 2.35. The fourth-order valence-electron chi connectivity index (χ4n) is 0.834. The van der Waals surface area contributed by atoms with E-state index in [1.165, 1.54) is 0 Å². The van der Waals surface area contributed by atoms with Gasteiger partial charge in [-0.2, -0.15) is 0 Å². The second kappa shape index (κ2) is 6.35. The van der Waals surface area contributed by atoms with Crippen molar-refractivity contribution < 1.29 is 9.84 Å². The Morgan fingerprint density at radius 1 is 1.46 bits per heavy atom. The first-order valence-electron chi connectivity index (χ1n) is 5.01. The van der Waals surface area contributed by atoms with Gasteiger partial charge in [-0.3, -0.25) is 0 Å². The predicted octanol–water partition coefficient (Wildman–Crippen LogP) is 1.02. The molecule has 0 radical (unpaired) electrons. The van der Waals surface area contributed by atoms with Crippen LogP contribution in [0.3, 0.4) is 0 Å². The Morgan fingerprint density at radius 3 is 2.54 bits per heavy atom. The summed E-state index contributed by atoms with van der Waals surface area (Å²) < 4.78 is 5.16. The highest BCUT2D eigenvalue weighted by Crippen LogP contribution is 2.13. The van der Waals surface area contributed by atoms with Gasteiger partial charge < -0.3 is 15.2 Å². The van der Waals surface area contributed by atoms with Crippen molar-refractivity contribution in [1.29, 1.82) is 0 Å². The average molecular weight is 189 g/mol. The Kier molecular flexibility index (Phi) is 6.29. The van der Waals surface area contributed by atoms with Gasteiger partial charge in [-0.1, -0.05) is 13.8 Å². The Morgan fingerprint density at radius 2 is 2.08 bits per heavy atom. The first kappa shape index (κ1) is 12.9. The highest BCUT2D eigenvalue weighted by Gasteiger charge is 2.23. The summed E-state index contributed by atoms with van der Waals surface area (Å²) in [5.41, 5.74) is -0.619. The summed E-state index contributed by atoms with van der Waals surface area (Å²) in [6.45, 7) is 10.8. The van der Waals surface area contributed by atoms with Crippen molar-refractivity contribution in [1.82, 2.24) is 5.32 Å². The fraction of sp³-hybridized carbons (Fsp3) is 1.00. The molecule has 0 spiro atoms. The summed E-state index contributed by atoms with van der Waals surface area (Å²) in [7, 11) is 0. The molecule has 0 heterocycles. The van der Waals surface area contributed by atoms with Crippen LogP contribution in [0.4, 0.5) is 0 Å². The highest BCUT2D eigenvalue weighted by molar-refractivity contribution is 4.78. The average Bonchev–Trinajstić information content (AvgIpc) is 2.03. The summed E-state index contributed by atoms with van der Waals surface area (Å²) in [6, 6.07) is 0. The third kappa shape index (κ3) is 6.02. The van der Waals surface area contributed by atoms with Gasteiger partial charge in [0.05, 0.1) is 12.2 Å². The molecule has 0 aliphatic rings. The molecule has 1 unspecified atom stereocenters. The molecule has 0 rings (SSSR count). The number of hydrogen-bond acceptors (Lipinski definition) is 3. The van der Waals surface area contributed by atoms with Gasteiger partial charge in [0.15, 0.2) is 0 Å². The van der Waals surface area contributed by atoms with E-state index in [1.54, 1.807) is 0 Å². The molecule has 0 saturated heterocycles. The Hall–Kier alpha value is -0.120. The topological polar surface area (TPSA) is 41.5 Å². The molecule has 3 heteroatoms. The molecule has 0 bridgehead atoms. The predicted molar refractivity (Wildman–Crippen MR) is 54.8 cm³/mol. The molecule has 0 aromatic carbocycles. The van der Waals surface area contributed by atoms with E-state index in [4.69, 9.17) is 4.74 Å². The van der Waals surface area contributed by atoms with Crippen molar-refractivity contribution in [2.75, 3.05) is 26.3 Å². The number of rotatable bonds is 7. The normalized spacial score (nSPS) is 16.2. The molecule has 13 heavy (non-hydrogen) atoms. The second-order valence-corrected chi connectivity index (χ2v) is 3.89. The fourth-order valence-corrected chi connectivity index (χ4v) is 0.834. The second-order valence-electron chi connectivity index (χ2n) is 3.89. The van der Waals surface area contributed by atoms with Crippen molar-refractivity contribution in [3.8, 4) is 0 Å². The van der Waals surface area contributed by atoms with Crippen LogP contribution < -0.4 is 5.32 Å². The van der Waals surface area contributed by atoms with Crippen molar-refractivity contribution in [2.24, 2.45) is 5.92 Å². The van der Waals surface area contributed by atoms with Gasteiger partial charge in [0, 0.05) is 19.7 Å². The lowest BCUT2D eigenvalue weighted by atomic mass is 9.93. The molecule has 0 aromatic rings. The summed E-state index contributed by atoms with van der Waals surface area (Å²) >= 11 is 0. The molecular formula is C10H23NO2. The molecule has 2 N–H and O–H groups in total. The monoisotopic (exact) mass is 189 g/mol. The molecule has 0 aromatic heterocycles. The summed E-state index contributed by atoms with van der Waals surface area (Å²) in [4.78, 5) is 0. The first-order chi connectivity index (χ1) is 6.00. The van der Waals surface area contributed by atoms with Gasteiger partial charge in [0.1, 0.15) is 0 Å². The maximum Gasteiger partial charge on any atom is 0.0766 e. The van der Waals surface area contributed by atoms with Crippen molar-refractivity contribution in [2.45, 2.75) is 33.3 Å². The van der Waals surface area contributed by atoms with Crippen LogP contribution in [0.5, 0.6) is 0 Å². The number of nitrogens with one attached hydrogen (secondary N) is 1. The van der Waals surface area contributed by atoms with Crippen LogP contribution in [-0.2, 0) is 4.74 Å². The Bertz CT molecular complexity index is 124. The molecule has 0 aliphatic carbocycles. The standard InChI is InChI=1S/C10H23NO2/c1-5-13-7-6-11-8-10(4,12)9(2)3/h9,11-12H,5-8H2,1-4H3. The number of hydrogen-bond donors (Lipinski definition) is 2. The van der Waals surface area contributed by atoms with Crippen molar-refractivity contribution in [3.63, 3.8) is 0 Å². The summed E-state index contributed by atoms with van der Waals surface area (Å²) in [5.74, 6) is 0.270. The maximum atomic E-state index is 9.84. The molecular weight excluding hydrogens is 166 g/mol. The minimum atomic E-state index is -0.619. The Labute approximate surface area is 81.5 Å². The van der Waals surface area contributed by atoms with Gasteiger partial charge in [-0.25, -0.2) is 0 Å². The Balaban J connectivity index is 3.41. The van der Waals surface area contributed by atoms with E-state index in [9.17, 15) is 5.11 Å². The molecule has 3 nitrogen and oxygen atoms in total. The van der Waals surface area contributed by atoms with Crippen molar-refractivity contribution in [3.05, 3.63) is 0 Å². The molecule has 0 aliphatic heterocycles. The van der Waals surface area contributed by atoms with E-state index in [2.05, 4.69) is 5.32 Å². The lowest BCUT2D eigenvalue weighted by Gasteiger charge is -2.27. The van der Waals surface area contributed by atoms with Crippen LogP contribution >= 0.6 is 0 Å². The molecule has 0 saturated carbocycles. The quantitative estimate of drug-likeness (QED) is 0.588. The van der Waals surface area contributed by atoms with Crippen LogP contribution in [0.25, 0.3) is 0 Å². The van der Waals surface area contributed by atoms with Gasteiger partial charge >= 0.3 is 0 Å². The zero-order valence-electron chi connectivity index (χ0n) is 9.26. The number of aliphatic hydroxyl groups is 1. The van der Waals surface area contributed by atoms with E-state index in [-0.39, 0.29) is 5.92 Å². The van der Waals surface area contributed by atoms with E-state index in [1.807, 2.05) is 27.7 Å².